The first-order chi connectivity index (χ1) is 19.3. The van der Waals surface area contributed by atoms with E-state index in [9.17, 15) is 18.5 Å². The van der Waals surface area contributed by atoms with Crippen molar-refractivity contribution in [2.45, 2.75) is 24.8 Å². The third-order valence-corrected chi connectivity index (χ3v) is 7.79. The number of benzene rings is 3. The molecule has 1 amide bonds. The fourth-order valence-electron chi connectivity index (χ4n) is 4.39. The minimum Gasteiger partial charge on any atom is -0.505 e. The molecule has 0 bridgehead atoms. The summed E-state index contributed by atoms with van der Waals surface area (Å²) in [7, 11) is 0.294. The van der Waals surface area contributed by atoms with Crippen LogP contribution in [-0.2, 0) is 24.0 Å². The Morgan fingerprint density at radius 1 is 1.10 bits per heavy atom. The van der Waals surface area contributed by atoms with Crippen LogP contribution in [0.3, 0.4) is 0 Å². The van der Waals surface area contributed by atoms with E-state index in [-0.39, 0.29) is 34.9 Å². The number of hydrogen-bond donors (Lipinski definition) is 4. The van der Waals surface area contributed by atoms with E-state index in [1.807, 2.05) is 49.4 Å². The average molecular weight is 560 g/mol. The van der Waals surface area contributed by atoms with Gasteiger partial charge in [-0.25, -0.2) is 18.6 Å². The molecule has 1 unspecified atom stereocenters. The molecule has 12 heteroatoms. The van der Waals surface area contributed by atoms with Gasteiger partial charge in [-0.2, -0.15) is 5.10 Å². The molecule has 5 rings (SSSR count). The number of nitrogens with zero attached hydrogens (tertiary/aromatic N) is 4. The third kappa shape index (κ3) is 5.08. The molecule has 3 aromatic carbocycles. The monoisotopic (exact) mass is 559 g/mol. The van der Waals surface area contributed by atoms with Crippen LogP contribution in [0.5, 0.6) is 5.75 Å². The highest BCUT2D eigenvalue weighted by Gasteiger charge is 2.22. The first kappa shape index (κ1) is 26.8. The summed E-state index contributed by atoms with van der Waals surface area (Å²) in [6.07, 6.45) is 0.485. The standard InChI is InChI=1S/C28H26FN7O3S/c1-3-16-13-22(37)20(29)14-19(16)26-32-27(23-24(25(30)38)34-35-28(23)33-26)31-15-17-9-7-8-12-21(17)36(2)40(39)18-10-5-4-6-11-18/h4-14,37H,3,15H2,1-2H3,(H2,30,38)(H2,31,32,33,34,35). The summed E-state index contributed by atoms with van der Waals surface area (Å²) in [6, 6.07) is 19.1. The highest BCUT2D eigenvalue weighted by molar-refractivity contribution is 7.86. The number of aromatic hydroxyl groups is 1. The first-order valence-corrected chi connectivity index (χ1v) is 13.5. The van der Waals surface area contributed by atoms with Gasteiger partial charge in [0.1, 0.15) is 11.5 Å². The Morgan fingerprint density at radius 2 is 1.82 bits per heavy atom. The van der Waals surface area contributed by atoms with Crippen molar-refractivity contribution in [3.63, 3.8) is 0 Å². The number of hydrogen-bond acceptors (Lipinski definition) is 7. The Labute approximate surface area is 231 Å². The fourth-order valence-corrected chi connectivity index (χ4v) is 5.45. The van der Waals surface area contributed by atoms with Crippen molar-refractivity contribution in [3.05, 3.63) is 89.4 Å². The average Bonchev–Trinajstić information content (AvgIpc) is 3.41. The van der Waals surface area contributed by atoms with E-state index in [0.29, 0.717) is 22.4 Å². The number of fused-ring (bicyclic) bond motifs is 1. The van der Waals surface area contributed by atoms with Crippen LogP contribution in [0.25, 0.3) is 22.4 Å². The zero-order valence-corrected chi connectivity index (χ0v) is 22.5. The lowest BCUT2D eigenvalue weighted by molar-refractivity contribution is 0.0997. The van der Waals surface area contributed by atoms with Gasteiger partial charge in [0, 0.05) is 19.2 Å². The quantitative estimate of drug-likeness (QED) is 0.210. The van der Waals surface area contributed by atoms with Crippen LogP contribution in [0.1, 0.15) is 28.5 Å². The normalized spacial score (nSPS) is 11.9. The molecule has 0 fully saturated rings. The zero-order chi connectivity index (χ0) is 28.4. The second-order valence-corrected chi connectivity index (χ2v) is 10.4. The van der Waals surface area contributed by atoms with Crippen molar-refractivity contribution >= 4 is 39.4 Å². The molecule has 5 N–H and O–H groups in total. The number of amides is 1. The second-order valence-electron chi connectivity index (χ2n) is 8.91. The fraction of sp³-hybridized carbons (Fsp3) is 0.143. The molecule has 1 atom stereocenters. The first-order valence-electron chi connectivity index (χ1n) is 12.4. The molecule has 0 radical (unpaired) electrons. The number of phenolic OH excluding ortho intramolecular Hbond substituents is 1. The Hall–Kier alpha value is -4.84. The maximum atomic E-state index is 14.3. The molecule has 0 saturated heterocycles. The molecule has 0 aliphatic rings. The van der Waals surface area contributed by atoms with Crippen molar-refractivity contribution in [3.8, 4) is 17.1 Å². The summed E-state index contributed by atoms with van der Waals surface area (Å²) in [5.74, 6) is -1.62. The Kier molecular flexibility index (Phi) is 7.43. The van der Waals surface area contributed by atoms with Crippen LogP contribution < -0.4 is 15.4 Å². The Balaban J connectivity index is 1.55. The van der Waals surface area contributed by atoms with Crippen LogP contribution >= 0.6 is 0 Å². The van der Waals surface area contributed by atoms with Gasteiger partial charge in [-0.1, -0.05) is 43.3 Å². The molecule has 0 aliphatic carbocycles. The molecule has 10 nitrogen and oxygen atoms in total. The minimum absolute atomic E-state index is 0.0206. The summed E-state index contributed by atoms with van der Waals surface area (Å²) in [6.45, 7) is 2.09. The van der Waals surface area contributed by atoms with Crippen molar-refractivity contribution in [1.82, 2.24) is 20.2 Å². The zero-order valence-electron chi connectivity index (χ0n) is 21.7. The lowest BCUT2D eigenvalue weighted by atomic mass is 10.0. The highest BCUT2D eigenvalue weighted by Crippen LogP contribution is 2.32. The number of aromatic nitrogens is 4. The van der Waals surface area contributed by atoms with Gasteiger partial charge in [-0.05, 0) is 47.9 Å². The molecule has 0 spiro atoms. The molecular formula is C28H26FN7O3S. The van der Waals surface area contributed by atoms with Crippen LogP contribution in [0.15, 0.2) is 71.6 Å². The largest absolute Gasteiger partial charge is 0.505 e. The van der Waals surface area contributed by atoms with Gasteiger partial charge in [-0.3, -0.25) is 14.2 Å². The summed E-state index contributed by atoms with van der Waals surface area (Å²) in [5.41, 5.74) is 8.29. The molecule has 2 aromatic heterocycles. The van der Waals surface area contributed by atoms with Gasteiger partial charge in [0.15, 0.2) is 34.0 Å². The number of rotatable bonds is 9. The summed E-state index contributed by atoms with van der Waals surface area (Å²) in [5, 5.41) is 20.1. The van der Waals surface area contributed by atoms with Crippen molar-refractivity contribution < 1.29 is 18.5 Å². The van der Waals surface area contributed by atoms with Crippen molar-refractivity contribution in [2.75, 3.05) is 16.7 Å². The van der Waals surface area contributed by atoms with Crippen LogP contribution in [-0.4, -0.2) is 42.4 Å². The number of anilines is 2. The number of carbonyl (C=O) groups excluding carboxylic acids is 1. The van der Waals surface area contributed by atoms with E-state index in [4.69, 9.17) is 5.73 Å². The van der Waals surface area contributed by atoms with Crippen LogP contribution in [0.4, 0.5) is 15.9 Å². The number of H-pyrrole nitrogens is 1. The number of para-hydroxylation sites is 1. The van der Waals surface area contributed by atoms with Gasteiger partial charge in [0.2, 0.25) is 0 Å². The number of nitrogens with two attached hydrogens (primary N) is 1. The van der Waals surface area contributed by atoms with Crippen LogP contribution in [0, 0.1) is 5.82 Å². The van der Waals surface area contributed by atoms with Crippen LogP contribution in [0.2, 0.25) is 0 Å². The molecule has 0 saturated carbocycles. The number of primary amides is 1. The smallest absolute Gasteiger partial charge is 0.267 e. The number of halogens is 1. The third-order valence-electron chi connectivity index (χ3n) is 6.43. The van der Waals surface area contributed by atoms with E-state index in [2.05, 4.69) is 25.5 Å². The lowest BCUT2D eigenvalue weighted by Gasteiger charge is -2.22. The molecule has 2 heterocycles. The predicted octanol–water partition coefficient (Wildman–Crippen LogP) is 4.30. The van der Waals surface area contributed by atoms with E-state index < -0.39 is 28.5 Å². The topological polar surface area (TPSA) is 150 Å². The van der Waals surface area contributed by atoms with Gasteiger partial charge in [-0.15, -0.1) is 0 Å². The van der Waals surface area contributed by atoms with Gasteiger partial charge in [0.25, 0.3) is 5.91 Å². The Bertz CT molecular complexity index is 1740. The van der Waals surface area contributed by atoms with Gasteiger partial charge >= 0.3 is 0 Å². The lowest BCUT2D eigenvalue weighted by Crippen LogP contribution is -2.22. The van der Waals surface area contributed by atoms with Crippen molar-refractivity contribution in [2.24, 2.45) is 5.73 Å². The van der Waals surface area contributed by atoms with Gasteiger partial charge in [0.05, 0.1) is 16.0 Å². The molecule has 40 heavy (non-hydrogen) atoms. The van der Waals surface area contributed by atoms with E-state index >= 15 is 0 Å². The number of nitrogens with one attached hydrogen (secondary N) is 2. The second kappa shape index (κ2) is 11.1. The predicted molar refractivity (Wildman–Crippen MR) is 152 cm³/mol. The molecular weight excluding hydrogens is 533 g/mol. The summed E-state index contributed by atoms with van der Waals surface area (Å²) >= 11 is 0. The number of phenols is 1. The maximum Gasteiger partial charge on any atom is 0.267 e. The summed E-state index contributed by atoms with van der Waals surface area (Å²) in [4.78, 5) is 21.9. The number of aryl methyl sites for hydroxylation is 1. The Morgan fingerprint density at radius 3 is 2.55 bits per heavy atom. The van der Waals surface area contributed by atoms with E-state index in [0.717, 1.165) is 11.3 Å². The van der Waals surface area contributed by atoms with E-state index in [1.54, 1.807) is 23.5 Å². The molecule has 204 valence electrons. The molecule has 0 aliphatic heterocycles. The van der Waals surface area contributed by atoms with Gasteiger partial charge < -0.3 is 16.2 Å². The molecule has 5 aromatic rings. The number of aromatic amines is 1. The van der Waals surface area contributed by atoms with E-state index in [1.165, 1.54) is 12.1 Å². The minimum atomic E-state index is -1.45. The van der Waals surface area contributed by atoms with Crippen molar-refractivity contribution in [1.29, 1.82) is 0 Å². The SMILES string of the molecule is CCc1cc(O)c(F)cc1-c1nc(NCc2ccccc2N(C)S(=O)c2ccccc2)c2c(C(N)=O)[nH]nc2n1. The highest BCUT2D eigenvalue weighted by atomic mass is 32.2. The summed E-state index contributed by atoms with van der Waals surface area (Å²) < 4.78 is 29.3. The number of carbonyl (C=O) groups is 1. The maximum absolute atomic E-state index is 14.3.